The maximum Gasteiger partial charge on any atom is 0.472 e. The van der Waals surface area contributed by atoms with Gasteiger partial charge in [0, 0.05) is 12.8 Å². The van der Waals surface area contributed by atoms with E-state index in [4.69, 9.17) is 23.6 Å². The van der Waals surface area contributed by atoms with Crippen molar-refractivity contribution < 1.29 is 47.8 Å². The molecule has 0 rings (SSSR count). The summed E-state index contributed by atoms with van der Waals surface area (Å²) in [6, 6.07) is 0. The van der Waals surface area contributed by atoms with Crippen molar-refractivity contribution >= 4 is 19.8 Å². The molecule has 0 saturated carbocycles. The van der Waals surface area contributed by atoms with E-state index in [2.05, 4.69) is 56.4 Å². The lowest BCUT2D eigenvalue weighted by Crippen LogP contribution is -2.29. The molecule has 0 radical (unpaired) electrons. The lowest BCUT2D eigenvalue weighted by Gasteiger charge is -2.20. The van der Waals surface area contributed by atoms with Crippen molar-refractivity contribution in [1.82, 2.24) is 0 Å². The number of carbonyl (C=O) groups excluding carboxylic acids is 2. The van der Waals surface area contributed by atoms with Gasteiger partial charge >= 0.3 is 19.8 Å². The topological polar surface area (TPSA) is 149 Å². The monoisotopic (exact) mass is 869 g/mol. The third-order valence-corrected chi connectivity index (χ3v) is 11.2. The van der Waals surface area contributed by atoms with Gasteiger partial charge in [0.05, 0.1) is 19.8 Å². The first-order chi connectivity index (χ1) is 29.2. The van der Waals surface area contributed by atoms with Crippen LogP contribution in [0, 0.1) is 0 Å². The van der Waals surface area contributed by atoms with Crippen LogP contribution in [0.4, 0.5) is 0 Å². The predicted molar refractivity (Wildman–Crippen MR) is 247 cm³/mol. The number of unbranched alkanes of at least 4 members (excludes halogenated alkanes) is 23. The fourth-order valence-corrected chi connectivity index (χ4v) is 7.31. The number of phosphoric ester groups is 1. The van der Waals surface area contributed by atoms with Crippen molar-refractivity contribution in [2.24, 2.45) is 0 Å². The largest absolute Gasteiger partial charge is 0.472 e. The average Bonchev–Trinajstić information content (AvgIpc) is 3.24. The van der Waals surface area contributed by atoms with Crippen molar-refractivity contribution in [1.29, 1.82) is 0 Å². The number of aliphatic hydroxyl groups excluding tert-OH is 2. The lowest BCUT2D eigenvalue weighted by molar-refractivity contribution is -0.161. The highest BCUT2D eigenvalue weighted by Gasteiger charge is 2.27. The smallest absolute Gasteiger partial charge is 0.462 e. The van der Waals surface area contributed by atoms with Crippen LogP contribution in [-0.2, 0) is 32.7 Å². The standard InChI is InChI=1S/C49H89O10P/c1-3-5-7-9-11-13-15-17-19-21-22-23-24-25-27-28-30-32-34-36-38-40-48(52)56-44-47(45-58-60(54,55)57-43-46(51)42-50)59-49(53)41-39-37-35-33-31-29-26-20-18-16-14-12-10-8-6-4-2/h19,21,23-24,27-28,32,34,46-47,50-51H,3-18,20,22,25-26,29-31,33,35-45H2,1-2H3,(H,54,55)/b21-19+,24-23+,28-27+,34-32+/t46-,47+/m1/s1. The van der Waals surface area contributed by atoms with E-state index >= 15 is 0 Å². The third kappa shape index (κ3) is 44.0. The van der Waals surface area contributed by atoms with Crippen LogP contribution < -0.4 is 0 Å². The zero-order chi connectivity index (χ0) is 44.0. The zero-order valence-electron chi connectivity index (χ0n) is 38.2. The molecule has 350 valence electrons. The van der Waals surface area contributed by atoms with E-state index in [1.807, 2.05) is 6.08 Å². The molecule has 0 aliphatic carbocycles. The van der Waals surface area contributed by atoms with E-state index in [0.29, 0.717) is 19.3 Å². The quantitative estimate of drug-likeness (QED) is 0.0234. The van der Waals surface area contributed by atoms with Gasteiger partial charge in [0.25, 0.3) is 0 Å². The molecule has 0 saturated heterocycles. The average molecular weight is 869 g/mol. The number of hydrogen-bond acceptors (Lipinski definition) is 9. The Morgan fingerprint density at radius 3 is 1.35 bits per heavy atom. The minimum Gasteiger partial charge on any atom is -0.462 e. The van der Waals surface area contributed by atoms with E-state index in [1.54, 1.807) is 0 Å². The summed E-state index contributed by atoms with van der Waals surface area (Å²) in [5.74, 6) is -0.984. The van der Waals surface area contributed by atoms with Crippen molar-refractivity contribution in [3.8, 4) is 0 Å². The molecular formula is C49H89O10P. The van der Waals surface area contributed by atoms with E-state index in [-0.39, 0.29) is 19.4 Å². The summed E-state index contributed by atoms with van der Waals surface area (Å²) in [5, 5.41) is 18.4. The van der Waals surface area contributed by atoms with Gasteiger partial charge in [-0.15, -0.1) is 0 Å². The molecule has 3 N–H and O–H groups in total. The normalized spacial score (nSPS) is 14.2. The van der Waals surface area contributed by atoms with Crippen LogP contribution in [0.2, 0.25) is 0 Å². The van der Waals surface area contributed by atoms with Crippen LogP contribution in [0.5, 0.6) is 0 Å². The Morgan fingerprint density at radius 2 is 0.883 bits per heavy atom. The van der Waals surface area contributed by atoms with E-state index in [0.717, 1.165) is 38.5 Å². The van der Waals surface area contributed by atoms with Crippen molar-refractivity contribution in [3.05, 3.63) is 48.6 Å². The van der Waals surface area contributed by atoms with Crippen LogP contribution in [0.15, 0.2) is 48.6 Å². The van der Waals surface area contributed by atoms with E-state index < -0.39 is 51.8 Å². The van der Waals surface area contributed by atoms with Crippen LogP contribution in [0.25, 0.3) is 0 Å². The number of ether oxygens (including phenoxy) is 2. The first-order valence-electron chi connectivity index (χ1n) is 24.1. The molecular weight excluding hydrogens is 780 g/mol. The van der Waals surface area contributed by atoms with Crippen molar-refractivity contribution in [3.63, 3.8) is 0 Å². The highest BCUT2D eigenvalue weighted by atomic mass is 31.2. The van der Waals surface area contributed by atoms with Crippen molar-refractivity contribution in [2.45, 2.75) is 225 Å². The van der Waals surface area contributed by atoms with E-state index in [9.17, 15) is 24.2 Å². The first kappa shape index (κ1) is 57.9. The molecule has 1 unspecified atom stereocenters. The highest BCUT2D eigenvalue weighted by Crippen LogP contribution is 2.43. The van der Waals surface area contributed by atoms with Gasteiger partial charge in [0.1, 0.15) is 12.7 Å². The molecule has 0 bridgehead atoms. The molecule has 0 aliphatic rings. The second kappa shape index (κ2) is 45.0. The van der Waals surface area contributed by atoms with Crippen molar-refractivity contribution in [2.75, 3.05) is 26.4 Å². The number of phosphoric acid groups is 1. The molecule has 3 atom stereocenters. The van der Waals surface area contributed by atoms with Gasteiger partial charge in [-0.05, 0) is 51.4 Å². The number of aliphatic hydroxyl groups is 2. The number of hydrogen-bond donors (Lipinski definition) is 3. The Bertz CT molecular complexity index is 1140. The number of rotatable bonds is 45. The minimum absolute atomic E-state index is 0.167. The fourth-order valence-electron chi connectivity index (χ4n) is 6.52. The maximum absolute atomic E-state index is 12.6. The lowest BCUT2D eigenvalue weighted by atomic mass is 10.0. The summed E-state index contributed by atoms with van der Waals surface area (Å²) < 4.78 is 32.7. The van der Waals surface area contributed by atoms with Crippen LogP contribution in [0.1, 0.15) is 213 Å². The maximum atomic E-state index is 12.6. The molecule has 0 spiro atoms. The molecule has 0 aromatic rings. The Morgan fingerprint density at radius 1 is 0.500 bits per heavy atom. The summed E-state index contributed by atoms with van der Waals surface area (Å²) in [7, 11) is -4.63. The Labute approximate surface area is 366 Å². The first-order valence-corrected chi connectivity index (χ1v) is 25.6. The summed E-state index contributed by atoms with van der Waals surface area (Å²) in [5.41, 5.74) is 0. The van der Waals surface area contributed by atoms with Crippen LogP contribution >= 0.6 is 7.82 Å². The Kier molecular flexibility index (Phi) is 43.4. The summed E-state index contributed by atoms with van der Waals surface area (Å²) in [6.07, 6.45) is 49.4. The highest BCUT2D eigenvalue weighted by molar-refractivity contribution is 7.47. The van der Waals surface area contributed by atoms with Crippen LogP contribution in [-0.4, -0.2) is 65.7 Å². The molecule has 0 heterocycles. The Balaban J connectivity index is 4.31. The second-order valence-electron chi connectivity index (χ2n) is 16.1. The fraction of sp³-hybridized carbons (Fsp3) is 0.796. The minimum atomic E-state index is -4.63. The Hall–Kier alpha value is -2.07. The molecule has 0 fully saturated rings. The molecule has 10 nitrogen and oxygen atoms in total. The third-order valence-electron chi connectivity index (χ3n) is 10.2. The molecule has 11 heteroatoms. The summed E-state index contributed by atoms with van der Waals surface area (Å²) in [4.78, 5) is 35.1. The summed E-state index contributed by atoms with van der Waals surface area (Å²) >= 11 is 0. The number of esters is 2. The SMILES string of the molecule is CCCCCCCCC/C=C/C/C=C/C/C=C/C/C=C/CCCC(=O)OC[C@@H](COP(=O)(O)OC[C@H](O)CO)OC(=O)CCCCCCCCCCCCCCCCCC. The van der Waals surface area contributed by atoms with Gasteiger partial charge in [-0.2, -0.15) is 0 Å². The van der Waals surface area contributed by atoms with Gasteiger partial charge in [-0.3, -0.25) is 18.6 Å². The number of carbonyl (C=O) groups is 2. The molecule has 0 aromatic carbocycles. The molecule has 0 aromatic heterocycles. The van der Waals surface area contributed by atoms with Crippen LogP contribution in [0.3, 0.4) is 0 Å². The molecule has 0 amide bonds. The van der Waals surface area contributed by atoms with Gasteiger partial charge in [-0.1, -0.05) is 197 Å². The van der Waals surface area contributed by atoms with Gasteiger partial charge in [0.2, 0.25) is 0 Å². The molecule has 0 aliphatic heterocycles. The zero-order valence-corrected chi connectivity index (χ0v) is 39.1. The van der Waals surface area contributed by atoms with Gasteiger partial charge in [-0.25, -0.2) is 4.57 Å². The number of allylic oxidation sites excluding steroid dienone is 8. The summed E-state index contributed by atoms with van der Waals surface area (Å²) in [6.45, 7) is 2.34. The molecule has 60 heavy (non-hydrogen) atoms. The van der Waals surface area contributed by atoms with E-state index in [1.165, 1.54) is 128 Å². The van der Waals surface area contributed by atoms with Gasteiger partial charge < -0.3 is 24.6 Å². The predicted octanol–water partition coefficient (Wildman–Crippen LogP) is 13.3. The second-order valence-corrected chi connectivity index (χ2v) is 17.6. The van der Waals surface area contributed by atoms with Gasteiger partial charge in [0.15, 0.2) is 6.10 Å².